The molecule has 4 heteroatoms. The van der Waals surface area contributed by atoms with E-state index in [1.807, 2.05) is 18.2 Å². The van der Waals surface area contributed by atoms with Gasteiger partial charge in [0, 0.05) is 6.04 Å². The van der Waals surface area contributed by atoms with E-state index < -0.39 is 0 Å². The highest BCUT2D eigenvalue weighted by atomic mass is 16.2. The zero-order valence-corrected chi connectivity index (χ0v) is 11.8. The fourth-order valence-electron chi connectivity index (χ4n) is 3.53. The summed E-state index contributed by atoms with van der Waals surface area (Å²) in [6.07, 6.45) is 7.26. The number of piperidine rings is 1. The predicted molar refractivity (Wildman–Crippen MR) is 81.4 cm³/mol. The number of nitrogens with two attached hydrogens (primary N) is 1. The Hall–Kier alpha value is -1.55. The molecule has 1 aliphatic heterocycles. The molecule has 20 heavy (non-hydrogen) atoms. The minimum absolute atomic E-state index is 0.0481. The molecule has 1 saturated heterocycles. The lowest BCUT2D eigenvalue weighted by Gasteiger charge is -2.39. The van der Waals surface area contributed by atoms with Crippen molar-refractivity contribution in [3.8, 4) is 0 Å². The van der Waals surface area contributed by atoms with E-state index >= 15 is 0 Å². The van der Waals surface area contributed by atoms with Crippen LogP contribution in [0.5, 0.6) is 0 Å². The van der Waals surface area contributed by atoms with Gasteiger partial charge < -0.3 is 16.4 Å². The number of hydrogen-bond acceptors (Lipinski definition) is 3. The average Bonchev–Trinajstić information content (AvgIpc) is 2.49. The number of benzene rings is 1. The van der Waals surface area contributed by atoms with Crippen LogP contribution < -0.4 is 16.4 Å². The number of rotatable bonds is 2. The van der Waals surface area contributed by atoms with Gasteiger partial charge in [-0.15, -0.1) is 0 Å². The third kappa shape index (κ3) is 2.80. The molecule has 3 rings (SSSR count). The lowest BCUT2D eigenvalue weighted by atomic mass is 9.77. The second-order valence-corrected chi connectivity index (χ2v) is 6.02. The van der Waals surface area contributed by atoms with Gasteiger partial charge in [0.25, 0.3) is 0 Å². The Morgan fingerprint density at radius 2 is 1.95 bits per heavy atom. The van der Waals surface area contributed by atoms with Crippen molar-refractivity contribution < 1.29 is 4.79 Å². The topological polar surface area (TPSA) is 67.1 Å². The molecule has 2 aliphatic rings. The monoisotopic (exact) mass is 273 g/mol. The van der Waals surface area contributed by atoms with Gasteiger partial charge in [-0.2, -0.15) is 0 Å². The molecule has 3 atom stereocenters. The molecular formula is C16H23N3O. The highest BCUT2D eigenvalue weighted by molar-refractivity contribution is 5.97. The molecule has 108 valence electrons. The number of carbonyl (C=O) groups is 1. The van der Waals surface area contributed by atoms with Gasteiger partial charge in [0.15, 0.2) is 0 Å². The van der Waals surface area contributed by atoms with Crippen LogP contribution in [0.25, 0.3) is 0 Å². The Kier molecular flexibility index (Phi) is 3.92. The predicted octanol–water partition coefficient (Wildman–Crippen LogP) is 2.52. The van der Waals surface area contributed by atoms with E-state index in [1.54, 1.807) is 6.07 Å². The molecule has 1 aliphatic carbocycles. The molecule has 4 nitrogen and oxygen atoms in total. The zero-order valence-electron chi connectivity index (χ0n) is 11.8. The smallest absolute Gasteiger partial charge is 0.241 e. The van der Waals surface area contributed by atoms with Crippen LogP contribution in [0.3, 0.4) is 0 Å². The molecule has 2 fully saturated rings. The Labute approximate surface area is 120 Å². The number of anilines is 2. The minimum atomic E-state index is -0.0750. The molecule has 1 aromatic carbocycles. The molecule has 4 N–H and O–H groups in total. The summed E-state index contributed by atoms with van der Waals surface area (Å²) in [5.74, 6) is 0.821. The first kappa shape index (κ1) is 13.4. The van der Waals surface area contributed by atoms with Gasteiger partial charge in [-0.25, -0.2) is 0 Å². The second kappa shape index (κ2) is 5.83. The van der Waals surface area contributed by atoms with Crippen molar-refractivity contribution in [3.63, 3.8) is 0 Å². The maximum Gasteiger partial charge on any atom is 0.241 e. The number of amides is 1. The van der Waals surface area contributed by atoms with E-state index in [1.165, 1.54) is 32.1 Å². The van der Waals surface area contributed by atoms with Crippen molar-refractivity contribution in [2.75, 3.05) is 11.1 Å². The van der Waals surface area contributed by atoms with Crippen molar-refractivity contribution in [2.24, 2.45) is 5.92 Å². The molecular weight excluding hydrogens is 250 g/mol. The van der Waals surface area contributed by atoms with Crippen molar-refractivity contribution in [2.45, 2.75) is 50.6 Å². The van der Waals surface area contributed by atoms with Gasteiger partial charge >= 0.3 is 0 Å². The van der Waals surface area contributed by atoms with E-state index in [2.05, 4.69) is 10.6 Å². The lowest BCUT2D eigenvalue weighted by molar-refractivity contribution is -0.119. The summed E-state index contributed by atoms with van der Waals surface area (Å²) in [6.45, 7) is 0. The molecule has 3 unspecified atom stereocenters. The van der Waals surface area contributed by atoms with Crippen molar-refractivity contribution in [1.82, 2.24) is 5.32 Å². The zero-order chi connectivity index (χ0) is 13.9. The van der Waals surface area contributed by atoms with Gasteiger partial charge in [-0.1, -0.05) is 25.0 Å². The molecule has 1 amide bonds. The number of carbonyl (C=O) groups excluding carboxylic acids is 1. The third-order valence-electron chi connectivity index (χ3n) is 4.69. The van der Waals surface area contributed by atoms with E-state index in [4.69, 9.17) is 5.73 Å². The summed E-state index contributed by atoms with van der Waals surface area (Å²) >= 11 is 0. The summed E-state index contributed by atoms with van der Waals surface area (Å²) in [5.41, 5.74) is 7.20. The first-order valence-electron chi connectivity index (χ1n) is 7.65. The van der Waals surface area contributed by atoms with E-state index in [0.29, 0.717) is 17.4 Å². The summed E-state index contributed by atoms with van der Waals surface area (Å²) in [5, 5.41) is 6.49. The number of nitrogen functional groups attached to an aromatic ring is 1. The number of para-hydroxylation sites is 2. The Bertz CT molecular complexity index is 488. The first-order valence-corrected chi connectivity index (χ1v) is 7.65. The summed E-state index contributed by atoms with van der Waals surface area (Å²) < 4.78 is 0. The summed E-state index contributed by atoms with van der Waals surface area (Å²) in [7, 11) is 0. The Morgan fingerprint density at radius 3 is 2.80 bits per heavy atom. The maximum atomic E-state index is 12.4. The largest absolute Gasteiger partial charge is 0.397 e. The SMILES string of the molecule is Nc1ccccc1NC(=O)C1CCC2CCCCC2N1. The van der Waals surface area contributed by atoms with Crippen molar-refractivity contribution in [1.29, 1.82) is 0 Å². The van der Waals surface area contributed by atoms with Crippen LogP contribution >= 0.6 is 0 Å². The fraction of sp³-hybridized carbons (Fsp3) is 0.562. The minimum Gasteiger partial charge on any atom is -0.397 e. The van der Waals surface area contributed by atoms with Crippen LogP contribution in [0, 0.1) is 5.92 Å². The van der Waals surface area contributed by atoms with Gasteiger partial charge in [-0.05, 0) is 43.7 Å². The van der Waals surface area contributed by atoms with Gasteiger partial charge in [0.05, 0.1) is 17.4 Å². The van der Waals surface area contributed by atoms with Crippen LogP contribution in [0.2, 0.25) is 0 Å². The summed E-state index contributed by atoms with van der Waals surface area (Å²) in [4.78, 5) is 12.4. The highest BCUT2D eigenvalue weighted by Crippen LogP contribution is 2.32. The Balaban J connectivity index is 1.62. The van der Waals surface area contributed by atoms with Crippen molar-refractivity contribution in [3.05, 3.63) is 24.3 Å². The van der Waals surface area contributed by atoms with E-state index in [9.17, 15) is 4.79 Å². The van der Waals surface area contributed by atoms with Gasteiger partial charge in [0.2, 0.25) is 5.91 Å². The van der Waals surface area contributed by atoms with Crippen LogP contribution in [-0.2, 0) is 4.79 Å². The second-order valence-electron chi connectivity index (χ2n) is 6.02. The molecule has 0 aromatic heterocycles. The van der Waals surface area contributed by atoms with E-state index in [-0.39, 0.29) is 11.9 Å². The average molecular weight is 273 g/mol. The van der Waals surface area contributed by atoms with Crippen LogP contribution in [0.1, 0.15) is 38.5 Å². The maximum absolute atomic E-state index is 12.4. The Morgan fingerprint density at radius 1 is 1.15 bits per heavy atom. The van der Waals surface area contributed by atoms with Crippen LogP contribution in [0.4, 0.5) is 11.4 Å². The normalized spacial score (nSPS) is 29.5. The van der Waals surface area contributed by atoms with Crippen LogP contribution in [0.15, 0.2) is 24.3 Å². The molecule has 1 aromatic rings. The quantitative estimate of drug-likeness (QED) is 0.725. The van der Waals surface area contributed by atoms with Gasteiger partial charge in [-0.3, -0.25) is 4.79 Å². The standard InChI is InChI=1S/C16H23N3O/c17-12-6-2-4-8-14(12)19-16(20)15-10-9-11-5-1-3-7-13(11)18-15/h2,4,6,8,11,13,15,18H,1,3,5,7,9-10,17H2,(H,19,20). The summed E-state index contributed by atoms with van der Waals surface area (Å²) in [6, 6.07) is 7.87. The number of fused-ring (bicyclic) bond motifs is 1. The number of hydrogen-bond donors (Lipinski definition) is 3. The molecule has 0 radical (unpaired) electrons. The molecule has 0 spiro atoms. The molecule has 1 heterocycles. The van der Waals surface area contributed by atoms with E-state index in [0.717, 1.165) is 12.3 Å². The highest BCUT2D eigenvalue weighted by Gasteiger charge is 2.34. The lowest BCUT2D eigenvalue weighted by Crippen LogP contribution is -2.53. The molecule has 1 saturated carbocycles. The van der Waals surface area contributed by atoms with Crippen molar-refractivity contribution >= 4 is 17.3 Å². The third-order valence-corrected chi connectivity index (χ3v) is 4.69. The first-order chi connectivity index (χ1) is 9.74. The molecule has 0 bridgehead atoms. The van der Waals surface area contributed by atoms with Gasteiger partial charge in [0.1, 0.15) is 0 Å². The van der Waals surface area contributed by atoms with Crippen LogP contribution in [-0.4, -0.2) is 18.0 Å². The number of nitrogens with one attached hydrogen (secondary N) is 2. The fourth-order valence-corrected chi connectivity index (χ4v) is 3.53.